The summed E-state index contributed by atoms with van der Waals surface area (Å²) in [4.78, 5) is 36.9. The van der Waals surface area contributed by atoms with E-state index in [1.54, 1.807) is 11.8 Å². The van der Waals surface area contributed by atoms with Gasteiger partial charge < -0.3 is 29.2 Å². The van der Waals surface area contributed by atoms with Crippen LogP contribution in [0.2, 0.25) is 0 Å². The molecule has 2 amide bonds. The van der Waals surface area contributed by atoms with Gasteiger partial charge in [0, 0.05) is 32.1 Å². The minimum absolute atomic E-state index is 0.0439. The molecule has 34 heavy (non-hydrogen) atoms. The Morgan fingerprint density at radius 1 is 1.06 bits per heavy atom. The number of carbonyl (C=O) groups excluding carboxylic acids is 2. The molecule has 2 aromatic rings. The number of hydrogen-bond acceptors (Lipinski definition) is 5. The summed E-state index contributed by atoms with van der Waals surface area (Å²) < 4.78 is 11.7. The number of benzene rings is 2. The molecule has 8 heteroatoms. The van der Waals surface area contributed by atoms with Crippen LogP contribution in [-0.2, 0) is 16.0 Å². The number of unbranched alkanes of at least 4 members (excludes halogenated alkanes) is 2. The number of amides is 2. The van der Waals surface area contributed by atoms with Crippen LogP contribution in [0.5, 0.6) is 11.5 Å². The average molecular weight is 469 g/mol. The molecule has 1 aliphatic rings. The van der Waals surface area contributed by atoms with Crippen LogP contribution in [-0.4, -0.2) is 61.1 Å². The maximum Gasteiger partial charge on any atom is 0.407 e. The van der Waals surface area contributed by atoms with E-state index in [-0.39, 0.29) is 19.1 Å². The van der Waals surface area contributed by atoms with E-state index >= 15 is 0 Å². The Morgan fingerprint density at radius 2 is 1.82 bits per heavy atom. The van der Waals surface area contributed by atoms with Gasteiger partial charge in [0.15, 0.2) is 11.5 Å². The van der Waals surface area contributed by atoms with Gasteiger partial charge in [-0.2, -0.15) is 0 Å². The smallest absolute Gasteiger partial charge is 0.407 e. The second-order valence-corrected chi connectivity index (χ2v) is 8.14. The van der Waals surface area contributed by atoms with Crippen LogP contribution >= 0.6 is 0 Å². The van der Waals surface area contributed by atoms with Gasteiger partial charge in [0.05, 0.1) is 13.2 Å². The van der Waals surface area contributed by atoms with Crippen molar-refractivity contribution >= 4 is 24.0 Å². The number of rotatable bonds is 12. The predicted octanol–water partition coefficient (Wildman–Crippen LogP) is 4.39. The van der Waals surface area contributed by atoms with E-state index < -0.39 is 6.09 Å². The Balaban J connectivity index is 1.72. The second-order valence-electron chi connectivity index (χ2n) is 8.14. The molecule has 3 rings (SSSR count). The SMILES string of the molecule is CCOc1ccc(-c2ccc3c(c2)CCN3C(C)=O)cc1OCCN(CCCCC=O)C(=O)O. The van der Waals surface area contributed by atoms with Gasteiger partial charge in [-0.05, 0) is 67.1 Å². The van der Waals surface area contributed by atoms with Crippen molar-refractivity contribution < 1.29 is 29.0 Å². The number of fused-ring (bicyclic) bond motifs is 1. The van der Waals surface area contributed by atoms with Crippen molar-refractivity contribution in [2.45, 2.75) is 39.5 Å². The lowest BCUT2D eigenvalue weighted by molar-refractivity contribution is -0.116. The normalized spacial score (nSPS) is 12.2. The van der Waals surface area contributed by atoms with E-state index in [4.69, 9.17) is 9.47 Å². The summed E-state index contributed by atoms with van der Waals surface area (Å²) in [6.07, 6.45) is 2.38. The molecule has 0 radical (unpaired) electrons. The van der Waals surface area contributed by atoms with Crippen LogP contribution in [0.1, 0.15) is 38.7 Å². The van der Waals surface area contributed by atoms with Crippen LogP contribution in [0.15, 0.2) is 36.4 Å². The standard InChI is InChI=1S/C26H32N2O6/c1-3-33-24-10-8-21(20-7-9-23-22(17-20)11-13-28(23)19(2)30)18-25(24)34-16-14-27(26(31)32)12-5-4-6-15-29/h7-10,15,17-18H,3-6,11-14,16H2,1-2H3,(H,31,32). The number of carbonyl (C=O) groups is 3. The second kappa shape index (κ2) is 12.1. The van der Waals surface area contributed by atoms with Crippen molar-refractivity contribution in [2.75, 3.05) is 37.7 Å². The Kier molecular flexibility index (Phi) is 8.90. The highest BCUT2D eigenvalue weighted by atomic mass is 16.5. The molecular formula is C26H32N2O6. The van der Waals surface area contributed by atoms with Crippen molar-refractivity contribution in [3.05, 3.63) is 42.0 Å². The predicted molar refractivity (Wildman–Crippen MR) is 130 cm³/mol. The molecule has 0 unspecified atom stereocenters. The van der Waals surface area contributed by atoms with Gasteiger partial charge in [0.1, 0.15) is 12.9 Å². The van der Waals surface area contributed by atoms with E-state index in [0.717, 1.165) is 35.1 Å². The van der Waals surface area contributed by atoms with E-state index in [9.17, 15) is 19.5 Å². The number of aldehydes is 1. The van der Waals surface area contributed by atoms with Gasteiger partial charge in [-0.15, -0.1) is 0 Å². The Labute approximate surface area is 200 Å². The molecule has 0 saturated carbocycles. The van der Waals surface area contributed by atoms with Crippen molar-refractivity contribution in [3.8, 4) is 22.6 Å². The molecule has 0 bridgehead atoms. The van der Waals surface area contributed by atoms with Crippen LogP contribution in [0, 0.1) is 0 Å². The minimum atomic E-state index is -1.01. The first-order valence-electron chi connectivity index (χ1n) is 11.7. The molecule has 8 nitrogen and oxygen atoms in total. The highest BCUT2D eigenvalue weighted by Crippen LogP contribution is 2.36. The van der Waals surface area contributed by atoms with Crippen molar-refractivity contribution in [3.63, 3.8) is 0 Å². The number of hydrogen-bond donors (Lipinski definition) is 1. The lowest BCUT2D eigenvalue weighted by Crippen LogP contribution is -2.34. The lowest BCUT2D eigenvalue weighted by atomic mass is 10.0. The summed E-state index contributed by atoms with van der Waals surface area (Å²) in [7, 11) is 0. The highest BCUT2D eigenvalue weighted by Gasteiger charge is 2.22. The van der Waals surface area contributed by atoms with Crippen LogP contribution < -0.4 is 14.4 Å². The number of ether oxygens (including phenoxy) is 2. The monoisotopic (exact) mass is 468 g/mol. The molecule has 0 fully saturated rings. The van der Waals surface area contributed by atoms with E-state index in [0.29, 0.717) is 50.5 Å². The first-order chi connectivity index (χ1) is 16.4. The third kappa shape index (κ3) is 6.27. The Morgan fingerprint density at radius 3 is 2.53 bits per heavy atom. The highest BCUT2D eigenvalue weighted by molar-refractivity contribution is 5.94. The quantitative estimate of drug-likeness (QED) is 0.367. The molecular weight excluding hydrogens is 436 g/mol. The third-order valence-corrected chi connectivity index (χ3v) is 5.82. The largest absolute Gasteiger partial charge is 0.490 e. The zero-order valence-electron chi connectivity index (χ0n) is 19.8. The molecule has 0 atom stereocenters. The average Bonchev–Trinajstić information content (AvgIpc) is 3.25. The summed E-state index contributed by atoms with van der Waals surface area (Å²) in [6, 6.07) is 11.8. The van der Waals surface area contributed by atoms with Gasteiger partial charge in [-0.1, -0.05) is 12.1 Å². The maximum absolute atomic E-state index is 11.8. The molecule has 0 spiro atoms. The Bertz CT molecular complexity index is 1020. The number of nitrogens with zero attached hydrogens (tertiary/aromatic N) is 2. The van der Waals surface area contributed by atoms with Gasteiger partial charge in [0.25, 0.3) is 0 Å². The first-order valence-corrected chi connectivity index (χ1v) is 11.7. The fourth-order valence-electron chi connectivity index (χ4n) is 4.08. The molecule has 0 aliphatic carbocycles. The first kappa shape index (κ1) is 25.1. The topological polar surface area (TPSA) is 96.4 Å². The van der Waals surface area contributed by atoms with Crippen molar-refractivity contribution in [1.29, 1.82) is 0 Å². The summed E-state index contributed by atoms with van der Waals surface area (Å²) in [5, 5.41) is 9.44. The summed E-state index contributed by atoms with van der Waals surface area (Å²) >= 11 is 0. The summed E-state index contributed by atoms with van der Waals surface area (Å²) in [5.41, 5.74) is 4.06. The van der Waals surface area contributed by atoms with Crippen LogP contribution in [0.3, 0.4) is 0 Å². The fourth-order valence-corrected chi connectivity index (χ4v) is 4.08. The third-order valence-electron chi connectivity index (χ3n) is 5.82. The minimum Gasteiger partial charge on any atom is -0.490 e. The molecule has 1 heterocycles. The van der Waals surface area contributed by atoms with Gasteiger partial charge in [-0.25, -0.2) is 4.79 Å². The molecule has 1 aliphatic heterocycles. The van der Waals surface area contributed by atoms with E-state index in [1.807, 2.05) is 37.3 Å². The van der Waals surface area contributed by atoms with Crippen LogP contribution in [0.4, 0.5) is 10.5 Å². The molecule has 0 saturated heterocycles. The van der Waals surface area contributed by atoms with E-state index in [1.165, 1.54) is 4.90 Å². The molecule has 2 aromatic carbocycles. The number of anilines is 1. The summed E-state index contributed by atoms with van der Waals surface area (Å²) in [6.45, 7) is 5.40. The van der Waals surface area contributed by atoms with E-state index in [2.05, 4.69) is 6.07 Å². The van der Waals surface area contributed by atoms with Crippen molar-refractivity contribution in [2.24, 2.45) is 0 Å². The maximum atomic E-state index is 11.8. The van der Waals surface area contributed by atoms with Gasteiger partial charge in [-0.3, -0.25) is 4.79 Å². The fraction of sp³-hybridized carbons (Fsp3) is 0.423. The Hall–Kier alpha value is -3.55. The molecule has 0 aromatic heterocycles. The zero-order chi connectivity index (χ0) is 24.5. The zero-order valence-corrected chi connectivity index (χ0v) is 19.8. The molecule has 182 valence electrons. The number of carboxylic acid groups (broad SMARTS) is 1. The summed E-state index contributed by atoms with van der Waals surface area (Å²) in [5.74, 6) is 1.20. The molecule has 1 N–H and O–H groups in total. The van der Waals surface area contributed by atoms with Gasteiger partial charge >= 0.3 is 6.09 Å². The van der Waals surface area contributed by atoms with Gasteiger partial charge in [0.2, 0.25) is 5.91 Å². The van der Waals surface area contributed by atoms with Crippen molar-refractivity contribution in [1.82, 2.24) is 4.90 Å². The lowest BCUT2D eigenvalue weighted by Gasteiger charge is -2.20. The van der Waals surface area contributed by atoms with Crippen LogP contribution in [0.25, 0.3) is 11.1 Å².